The summed E-state index contributed by atoms with van der Waals surface area (Å²) in [5.41, 5.74) is 3.03. The lowest BCUT2D eigenvalue weighted by Gasteiger charge is -2.26. The summed E-state index contributed by atoms with van der Waals surface area (Å²) in [6, 6.07) is 19.9. The third-order valence-electron chi connectivity index (χ3n) is 7.31. The molecule has 0 fully saturated rings. The van der Waals surface area contributed by atoms with Crippen LogP contribution in [-0.4, -0.2) is 41.2 Å². The molecule has 0 bridgehead atoms. The number of nitrogens with one attached hydrogen (secondary N) is 1. The molecule has 40 heavy (non-hydrogen) atoms. The molecule has 0 unspecified atom stereocenters. The second-order valence-electron chi connectivity index (χ2n) is 9.96. The topological polar surface area (TPSA) is 113 Å². The summed E-state index contributed by atoms with van der Waals surface area (Å²) in [7, 11) is 0. The Labute approximate surface area is 231 Å². The van der Waals surface area contributed by atoms with Crippen LogP contribution in [0.4, 0.5) is 11.4 Å². The van der Waals surface area contributed by atoms with Gasteiger partial charge in [-0.05, 0) is 49.7 Å². The number of hydrogen-bond donors (Lipinski definition) is 1. The van der Waals surface area contributed by atoms with Crippen LogP contribution in [0.1, 0.15) is 53.6 Å². The Hall–Kier alpha value is -4.79. The molecule has 2 atom stereocenters. The maximum absolute atomic E-state index is 14.1. The molecule has 0 aliphatic carbocycles. The van der Waals surface area contributed by atoms with Crippen LogP contribution >= 0.6 is 0 Å². The fourth-order valence-corrected chi connectivity index (χ4v) is 4.75. The number of rotatable bonds is 7. The smallest absolute Gasteiger partial charge is 0.258 e. The zero-order valence-corrected chi connectivity index (χ0v) is 22.6. The minimum Gasteiger partial charge on any atom is -0.356 e. The number of Topliss-reactive ketones (excluding diaryl/α,β-unsaturated/α-hetero) is 1. The first-order valence-corrected chi connectivity index (χ1v) is 13.3. The molecule has 5 rings (SSSR count). The van der Waals surface area contributed by atoms with Crippen molar-refractivity contribution in [1.82, 2.24) is 10.5 Å². The van der Waals surface area contributed by atoms with Gasteiger partial charge in [-0.15, -0.1) is 0 Å². The number of ketones is 1. The van der Waals surface area contributed by atoms with Gasteiger partial charge in [-0.3, -0.25) is 19.2 Å². The van der Waals surface area contributed by atoms with E-state index in [-0.39, 0.29) is 42.5 Å². The van der Waals surface area contributed by atoms with Gasteiger partial charge in [0.25, 0.3) is 11.8 Å². The molecule has 3 aromatic carbocycles. The number of nitrogens with zero attached hydrogens (tertiary/aromatic N) is 3. The van der Waals surface area contributed by atoms with Crippen molar-refractivity contribution in [3.8, 4) is 0 Å². The van der Waals surface area contributed by atoms with Crippen LogP contribution in [-0.2, 0) is 16.1 Å². The van der Waals surface area contributed by atoms with Crippen molar-refractivity contribution in [3.05, 3.63) is 89.6 Å². The van der Waals surface area contributed by atoms with E-state index >= 15 is 0 Å². The number of anilines is 2. The molecule has 9 nitrogen and oxygen atoms in total. The van der Waals surface area contributed by atoms with Gasteiger partial charge >= 0.3 is 0 Å². The van der Waals surface area contributed by atoms with Crippen LogP contribution in [0, 0.1) is 5.92 Å². The van der Waals surface area contributed by atoms with E-state index in [1.807, 2.05) is 25.1 Å². The van der Waals surface area contributed by atoms with Gasteiger partial charge in [0.15, 0.2) is 11.4 Å². The highest BCUT2D eigenvalue weighted by atomic mass is 16.5. The maximum atomic E-state index is 14.1. The lowest BCUT2D eigenvalue weighted by molar-refractivity contribution is -0.129. The normalized spacial score (nSPS) is 15.9. The number of para-hydroxylation sites is 3. The third-order valence-corrected chi connectivity index (χ3v) is 7.31. The Bertz CT molecular complexity index is 1590. The van der Waals surface area contributed by atoms with Crippen molar-refractivity contribution >= 4 is 45.8 Å². The first kappa shape index (κ1) is 26.8. The summed E-state index contributed by atoms with van der Waals surface area (Å²) in [6.45, 7) is 5.17. The van der Waals surface area contributed by atoms with Crippen molar-refractivity contribution < 1.29 is 23.7 Å². The highest BCUT2D eigenvalue weighted by Crippen LogP contribution is 2.35. The monoisotopic (exact) mass is 538 g/mol. The van der Waals surface area contributed by atoms with Crippen LogP contribution in [0.15, 0.2) is 77.3 Å². The fraction of sp³-hybridized carbons (Fsp3) is 0.258. The molecule has 9 heteroatoms. The summed E-state index contributed by atoms with van der Waals surface area (Å²) in [4.78, 5) is 55.8. The number of carbonyl (C=O) groups is 4. The zero-order chi connectivity index (χ0) is 28.4. The molecular formula is C31H30N4O5. The molecule has 1 aliphatic rings. The second kappa shape index (κ2) is 11.1. The first-order valence-electron chi connectivity index (χ1n) is 13.3. The Morgan fingerprint density at radius 1 is 0.975 bits per heavy atom. The van der Waals surface area contributed by atoms with Gasteiger partial charge in [0.05, 0.1) is 24.5 Å². The largest absolute Gasteiger partial charge is 0.356 e. The van der Waals surface area contributed by atoms with Gasteiger partial charge in [0, 0.05) is 22.4 Å². The third kappa shape index (κ3) is 5.10. The first-order chi connectivity index (χ1) is 19.3. The molecule has 0 saturated heterocycles. The average Bonchev–Trinajstić information content (AvgIpc) is 3.35. The molecule has 0 spiro atoms. The van der Waals surface area contributed by atoms with Crippen LogP contribution in [0.3, 0.4) is 0 Å². The fourth-order valence-electron chi connectivity index (χ4n) is 4.75. The molecular weight excluding hydrogens is 508 g/mol. The minimum absolute atomic E-state index is 0.0681. The lowest BCUT2D eigenvalue weighted by atomic mass is 10.1. The van der Waals surface area contributed by atoms with Crippen molar-refractivity contribution in [2.75, 3.05) is 16.3 Å². The molecule has 0 radical (unpaired) electrons. The van der Waals surface area contributed by atoms with E-state index in [0.717, 1.165) is 5.39 Å². The second-order valence-corrected chi connectivity index (χ2v) is 9.96. The molecule has 204 valence electrons. The standard InChI is InChI=1S/C31H30N4O5/c1-4-19(2)29(37)32-25-18-34(30(38)22-15-13-21(14-16-22)20(3)36)26-10-6-7-11-27(26)35(31(25)39)17-24-23-9-5-8-12-28(23)40-33-24/h5-16,19,25H,4,17-18H2,1-3H3,(H,32,37)/t19-,25+/m1/s1. The van der Waals surface area contributed by atoms with Crippen molar-refractivity contribution in [2.24, 2.45) is 5.92 Å². The van der Waals surface area contributed by atoms with Gasteiger partial charge in [-0.2, -0.15) is 0 Å². The lowest BCUT2D eigenvalue weighted by Crippen LogP contribution is -2.53. The summed E-state index contributed by atoms with van der Waals surface area (Å²) in [5.74, 6) is -1.40. The Kier molecular flexibility index (Phi) is 7.46. The molecule has 1 aromatic heterocycles. The quantitative estimate of drug-likeness (QED) is 0.340. The molecule has 2 heterocycles. The van der Waals surface area contributed by atoms with Gasteiger partial charge < -0.3 is 19.6 Å². The minimum atomic E-state index is -1.01. The summed E-state index contributed by atoms with van der Waals surface area (Å²) >= 11 is 0. The number of hydrogen-bond acceptors (Lipinski definition) is 6. The predicted molar refractivity (Wildman–Crippen MR) is 151 cm³/mol. The van der Waals surface area contributed by atoms with Crippen LogP contribution < -0.4 is 15.1 Å². The number of amides is 3. The van der Waals surface area contributed by atoms with E-state index in [2.05, 4.69) is 10.5 Å². The molecule has 1 aliphatic heterocycles. The van der Waals surface area contributed by atoms with Crippen molar-refractivity contribution in [2.45, 2.75) is 39.8 Å². The molecule has 1 N–H and O–H groups in total. The van der Waals surface area contributed by atoms with E-state index in [0.29, 0.717) is 40.2 Å². The van der Waals surface area contributed by atoms with Crippen LogP contribution in [0.25, 0.3) is 11.0 Å². The summed E-state index contributed by atoms with van der Waals surface area (Å²) in [6.07, 6.45) is 0.604. The van der Waals surface area contributed by atoms with E-state index in [1.165, 1.54) is 11.8 Å². The number of fused-ring (bicyclic) bond motifs is 2. The van der Waals surface area contributed by atoms with Crippen molar-refractivity contribution in [1.29, 1.82) is 0 Å². The average molecular weight is 539 g/mol. The van der Waals surface area contributed by atoms with E-state index in [9.17, 15) is 19.2 Å². The summed E-state index contributed by atoms with van der Waals surface area (Å²) in [5, 5.41) is 7.88. The predicted octanol–water partition coefficient (Wildman–Crippen LogP) is 4.75. The van der Waals surface area contributed by atoms with Crippen molar-refractivity contribution in [3.63, 3.8) is 0 Å². The zero-order valence-electron chi connectivity index (χ0n) is 22.6. The number of benzene rings is 3. The van der Waals surface area contributed by atoms with Crippen LogP contribution in [0.2, 0.25) is 0 Å². The van der Waals surface area contributed by atoms with Gasteiger partial charge in [-0.25, -0.2) is 0 Å². The Morgan fingerprint density at radius 2 is 1.62 bits per heavy atom. The SMILES string of the molecule is CC[C@@H](C)C(=O)N[C@H]1CN(C(=O)c2ccc(C(C)=O)cc2)c2ccccc2N(Cc2noc3ccccc23)C1=O. The Balaban J connectivity index is 1.58. The molecule has 4 aromatic rings. The molecule has 3 amide bonds. The highest BCUT2D eigenvalue weighted by Gasteiger charge is 2.38. The Morgan fingerprint density at radius 3 is 2.33 bits per heavy atom. The number of carbonyl (C=O) groups excluding carboxylic acids is 4. The van der Waals surface area contributed by atoms with E-state index < -0.39 is 6.04 Å². The van der Waals surface area contributed by atoms with Gasteiger partial charge in [-0.1, -0.05) is 55.4 Å². The van der Waals surface area contributed by atoms with Gasteiger partial charge in [0.1, 0.15) is 11.7 Å². The van der Waals surface area contributed by atoms with Gasteiger partial charge in [0.2, 0.25) is 5.91 Å². The maximum Gasteiger partial charge on any atom is 0.258 e. The number of aromatic nitrogens is 1. The van der Waals surface area contributed by atoms with E-state index in [1.54, 1.807) is 66.4 Å². The van der Waals surface area contributed by atoms with E-state index in [4.69, 9.17) is 4.52 Å². The summed E-state index contributed by atoms with van der Waals surface area (Å²) < 4.78 is 5.48. The molecule has 0 saturated carbocycles. The highest BCUT2D eigenvalue weighted by molar-refractivity contribution is 6.13. The van der Waals surface area contributed by atoms with Crippen LogP contribution in [0.5, 0.6) is 0 Å².